The quantitative estimate of drug-likeness (QED) is 0.461. The second kappa shape index (κ2) is 5.82. The molecule has 17 heavy (non-hydrogen) atoms. The number of halogens is 1. The van der Waals surface area contributed by atoms with Gasteiger partial charge in [-0.05, 0) is 31.0 Å². The van der Waals surface area contributed by atoms with Crippen LogP contribution in [0.1, 0.15) is 24.2 Å². The van der Waals surface area contributed by atoms with E-state index in [0.29, 0.717) is 0 Å². The van der Waals surface area contributed by atoms with Crippen molar-refractivity contribution in [3.8, 4) is 0 Å². The minimum atomic E-state index is -0.749. The molecule has 0 radical (unpaired) electrons. The maximum atomic E-state index is 11.5. The summed E-state index contributed by atoms with van der Waals surface area (Å²) >= 11 is 5.80. The van der Waals surface area contributed by atoms with Gasteiger partial charge in [0.25, 0.3) is 0 Å². The summed E-state index contributed by atoms with van der Waals surface area (Å²) in [5, 5.41) is 4.66. The Morgan fingerprint density at radius 1 is 1.41 bits per heavy atom. The Hall–Kier alpha value is -1.36. The van der Waals surface area contributed by atoms with Crippen molar-refractivity contribution in [3.63, 3.8) is 0 Å². The van der Waals surface area contributed by atoms with Gasteiger partial charge in [-0.3, -0.25) is 4.89 Å². The molecular weight excluding hydrogens is 244 g/mol. The van der Waals surface area contributed by atoms with Gasteiger partial charge in [-0.25, -0.2) is 4.79 Å². The van der Waals surface area contributed by atoms with Crippen molar-refractivity contribution in [2.24, 2.45) is 0 Å². The van der Waals surface area contributed by atoms with E-state index in [2.05, 4.69) is 16.5 Å². The molecule has 92 valence electrons. The van der Waals surface area contributed by atoms with Crippen LogP contribution in [0.15, 0.2) is 36.9 Å². The van der Waals surface area contributed by atoms with Gasteiger partial charge in [-0.1, -0.05) is 29.8 Å². The van der Waals surface area contributed by atoms with E-state index in [1.807, 2.05) is 0 Å². The highest BCUT2D eigenvalue weighted by Gasteiger charge is 2.18. The SMILES string of the molecule is C=CC(C)(C)OOOC(=O)c1ccccc1Cl. The molecule has 0 aliphatic carbocycles. The van der Waals surface area contributed by atoms with Crippen LogP contribution in [-0.4, -0.2) is 11.6 Å². The second-order valence-electron chi connectivity index (χ2n) is 3.81. The van der Waals surface area contributed by atoms with E-state index < -0.39 is 11.6 Å². The zero-order chi connectivity index (χ0) is 12.9. The first kappa shape index (κ1) is 13.7. The molecule has 4 nitrogen and oxygen atoms in total. The van der Waals surface area contributed by atoms with E-state index in [-0.39, 0.29) is 10.6 Å². The number of benzene rings is 1. The van der Waals surface area contributed by atoms with Crippen molar-refractivity contribution in [3.05, 3.63) is 47.5 Å². The van der Waals surface area contributed by atoms with Crippen LogP contribution in [0.25, 0.3) is 0 Å². The summed E-state index contributed by atoms with van der Waals surface area (Å²) in [5.74, 6) is -0.726. The summed E-state index contributed by atoms with van der Waals surface area (Å²) in [6.45, 7) is 6.93. The topological polar surface area (TPSA) is 44.8 Å². The maximum Gasteiger partial charge on any atom is 0.377 e. The average molecular weight is 257 g/mol. The van der Waals surface area contributed by atoms with Gasteiger partial charge in [0.2, 0.25) is 0 Å². The molecule has 5 heteroatoms. The van der Waals surface area contributed by atoms with Gasteiger partial charge in [0.15, 0.2) is 0 Å². The van der Waals surface area contributed by atoms with Gasteiger partial charge in [0.05, 0.1) is 10.6 Å². The zero-order valence-corrected chi connectivity index (χ0v) is 10.4. The summed E-state index contributed by atoms with van der Waals surface area (Å²) in [4.78, 5) is 20.8. The molecule has 0 unspecified atom stereocenters. The van der Waals surface area contributed by atoms with Crippen molar-refractivity contribution in [2.45, 2.75) is 19.4 Å². The molecule has 1 aromatic rings. The van der Waals surface area contributed by atoms with Gasteiger partial charge in [-0.2, -0.15) is 4.89 Å². The standard InChI is InChI=1S/C12H13ClO4/c1-4-12(2,3)16-17-15-11(14)9-7-5-6-8-10(9)13/h4-8H,1H2,2-3H3. The first-order valence-corrected chi connectivity index (χ1v) is 5.29. The van der Waals surface area contributed by atoms with Gasteiger partial charge >= 0.3 is 5.97 Å². The summed E-state index contributed by atoms with van der Waals surface area (Å²) in [6.07, 6.45) is 1.51. The molecule has 1 rings (SSSR count). The number of hydrogen-bond donors (Lipinski definition) is 0. The Kier molecular flexibility index (Phi) is 4.69. The van der Waals surface area contributed by atoms with E-state index in [9.17, 15) is 4.79 Å². The molecule has 0 spiro atoms. The lowest BCUT2D eigenvalue weighted by molar-refractivity contribution is -0.505. The van der Waals surface area contributed by atoms with Crippen molar-refractivity contribution in [2.75, 3.05) is 0 Å². The van der Waals surface area contributed by atoms with E-state index in [0.717, 1.165) is 0 Å². The highest BCUT2D eigenvalue weighted by Crippen LogP contribution is 2.17. The van der Waals surface area contributed by atoms with Crippen LogP contribution in [-0.2, 0) is 14.8 Å². The Labute approximate surface area is 105 Å². The lowest BCUT2D eigenvalue weighted by Gasteiger charge is -2.16. The lowest BCUT2D eigenvalue weighted by atomic mass is 10.1. The van der Waals surface area contributed by atoms with Crippen LogP contribution in [0.5, 0.6) is 0 Å². The minimum absolute atomic E-state index is 0.203. The highest BCUT2D eigenvalue weighted by molar-refractivity contribution is 6.33. The predicted molar refractivity (Wildman–Crippen MR) is 63.3 cm³/mol. The first-order chi connectivity index (χ1) is 7.96. The number of carbonyl (C=O) groups excluding carboxylic acids is 1. The zero-order valence-electron chi connectivity index (χ0n) is 9.60. The van der Waals surface area contributed by atoms with E-state index in [4.69, 9.17) is 16.5 Å². The normalized spacial score (nSPS) is 11.0. The van der Waals surface area contributed by atoms with Crippen molar-refractivity contribution in [1.29, 1.82) is 0 Å². The third kappa shape index (κ3) is 4.19. The molecular formula is C12H13ClO4. The highest BCUT2D eigenvalue weighted by atomic mass is 35.5. The van der Waals surface area contributed by atoms with Crippen LogP contribution in [0.4, 0.5) is 0 Å². The Morgan fingerprint density at radius 3 is 2.65 bits per heavy atom. The van der Waals surface area contributed by atoms with Crippen LogP contribution in [0, 0.1) is 0 Å². The van der Waals surface area contributed by atoms with E-state index in [1.54, 1.807) is 32.0 Å². The number of carbonyl (C=O) groups is 1. The van der Waals surface area contributed by atoms with Crippen molar-refractivity contribution < 1.29 is 19.6 Å². The van der Waals surface area contributed by atoms with Crippen molar-refractivity contribution >= 4 is 17.6 Å². The smallest absolute Gasteiger partial charge is 0.263 e. The Balaban J connectivity index is 2.52. The summed E-state index contributed by atoms with van der Waals surface area (Å²) in [7, 11) is 0. The molecule has 1 aromatic carbocycles. The molecule has 0 N–H and O–H groups in total. The van der Waals surface area contributed by atoms with Crippen LogP contribution in [0.2, 0.25) is 5.02 Å². The molecule has 0 atom stereocenters. The monoisotopic (exact) mass is 256 g/mol. The maximum absolute atomic E-state index is 11.5. The van der Waals surface area contributed by atoms with Crippen molar-refractivity contribution in [1.82, 2.24) is 0 Å². The molecule has 0 aromatic heterocycles. The van der Waals surface area contributed by atoms with Gasteiger partial charge < -0.3 is 0 Å². The average Bonchev–Trinajstić information content (AvgIpc) is 2.29. The Morgan fingerprint density at radius 2 is 2.06 bits per heavy atom. The molecule has 0 heterocycles. The third-order valence-electron chi connectivity index (χ3n) is 1.94. The van der Waals surface area contributed by atoms with Crippen LogP contribution in [0.3, 0.4) is 0 Å². The molecule has 0 saturated carbocycles. The first-order valence-electron chi connectivity index (χ1n) is 4.91. The lowest BCUT2D eigenvalue weighted by Crippen LogP contribution is -2.22. The fourth-order valence-electron chi connectivity index (χ4n) is 0.841. The van der Waals surface area contributed by atoms with Gasteiger partial charge in [0.1, 0.15) is 5.60 Å². The predicted octanol–water partition coefficient (Wildman–Crippen LogP) is 3.32. The fraction of sp³-hybridized carbons (Fsp3) is 0.250. The van der Waals surface area contributed by atoms with Gasteiger partial charge in [0, 0.05) is 0 Å². The van der Waals surface area contributed by atoms with Crippen LogP contribution >= 0.6 is 11.6 Å². The molecule has 0 saturated heterocycles. The molecule has 0 aliphatic heterocycles. The summed E-state index contributed by atoms with van der Waals surface area (Å²) in [5.41, 5.74) is -0.546. The Bertz CT molecular complexity index is 415. The van der Waals surface area contributed by atoms with E-state index in [1.165, 1.54) is 12.1 Å². The van der Waals surface area contributed by atoms with Crippen LogP contribution < -0.4 is 0 Å². The molecule has 0 fully saturated rings. The van der Waals surface area contributed by atoms with Gasteiger partial charge in [-0.15, -0.1) is 6.58 Å². The number of hydrogen-bond acceptors (Lipinski definition) is 4. The largest absolute Gasteiger partial charge is 0.377 e. The summed E-state index contributed by atoms with van der Waals surface area (Å²) in [6, 6.07) is 6.47. The molecule has 0 bridgehead atoms. The summed E-state index contributed by atoms with van der Waals surface area (Å²) < 4.78 is 0. The molecule has 0 amide bonds. The van der Waals surface area contributed by atoms with E-state index >= 15 is 0 Å². The molecule has 0 aliphatic rings. The minimum Gasteiger partial charge on any atom is -0.263 e. The second-order valence-corrected chi connectivity index (χ2v) is 4.22. The number of rotatable bonds is 5. The third-order valence-corrected chi connectivity index (χ3v) is 2.27. The fourth-order valence-corrected chi connectivity index (χ4v) is 1.05.